The molecule has 0 heterocycles. The molecule has 4 nitrogen and oxygen atoms in total. The van der Waals surface area contributed by atoms with Crippen LogP contribution in [0.15, 0.2) is 0 Å². The minimum absolute atomic E-state index is 1.23. The van der Waals surface area contributed by atoms with E-state index >= 15 is 0 Å². The molecular formula is CF2O4P2. The molecule has 0 aromatic heterocycles. The highest BCUT2D eigenvalue weighted by molar-refractivity contribution is 7.18. The van der Waals surface area contributed by atoms with Crippen molar-refractivity contribution in [2.45, 2.75) is 6.29 Å². The minimum atomic E-state index is -4.05. The summed E-state index contributed by atoms with van der Waals surface area (Å²) in [6, 6.07) is 0. The van der Waals surface area contributed by atoms with E-state index in [1.807, 2.05) is 0 Å². The Bertz CT molecular complexity index is 103. The largest absolute Gasteiger partial charge is 0.506 e. The summed E-state index contributed by atoms with van der Waals surface area (Å²) < 4.78 is 48.0. The summed E-state index contributed by atoms with van der Waals surface area (Å²) in [6.07, 6.45) is -4.05. The van der Waals surface area contributed by atoms with Crippen LogP contribution < -0.4 is 0 Å². The maximum Gasteiger partial charge on any atom is 0.506 e. The highest BCUT2D eigenvalue weighted by Gasteiger charge is 2.33. The number of alkyl halides is 2. The minimum Gasteiger partial charge on any atom is -0.240 e. The number of rotatable bonds is 4. The van der Waals surface area contributed by atoms with Crippen LogP contribution >= 0.6 is 17.4 Å². The molecule has 0 aliphatic heterocycles. The van der Waals surface area contributed by atoms with Gasteiger partial charge in [0.2, 0.25) is 0 Å². The molecule has 0 aliphatic rings. The van der Waals surface area contributed by atoms with Crippen LogP contribution in [0.2, 0.25) is 0 Å². The first kappa shape index (κ1) is 8.98. The molecule has 0 amide bonds. The Morgan fingerprint density at radius 1 is 1.11 bits per heavy atom. The van der Waals surface area contributed by atoms with Gasteiger partial charge in [0, 0.05) is 0 Å². The van der Waals surface area contributed by atoms with Crippen molar-refractivity contribution in [2.75, 3.05) is 0 Å². The van der Waals surface area contributed by atoms with Gasteiger partial charge < -0.3 is 0 Å². The average molecular weight is 176 g/mol. The lowest BCUT2D eigenvalue weighted by Crippen LogP contribution is -2.15. The van der Waals surface area contributed by atoms with Crippen LogP contribution in [0, 0.1) is 0 Å². The maximum atomic E-state index is 11.6. The lowest BCUT2D eigenvalue weighted by atomic mass is 11.3. The van der Waals surface area contributed by atoms with Crippen molar-refractivity contribution in [3.05, 3.63) is 0 Å². The fourth-order valence-electron chi connectivity index (χ4n) is 0.103. The van der Waals surface area contributed by atoms with Crippen molar-refractivity contribution < 1.29 is 27.0 Å². The van der Waals surface area contributed by atoms with Crippen molar-refractivity contribution in [1.29, 1.82) is 0 Å². The Hall–Kier alpha value is -0.0200. The highest BCUT2D eigenvalue weighted by atomic mass is 31.1. The van der Waals surface area contributed by atoms with Crippen LogP contribution in [0.1, 0.15) is 0 Å². The molecule has 0 bridgehead atoms. The fourth-order valence-corrected chi connectivity index (χ4v) is 0.410. The Kier molecular flexibility index (Phi) is 3.89. The lowest BCUT2D eigenvalue weighted by molar-refractivity contribution is -0.300. The van der Waals surface area contributed by atoms with E-state index in [2.05, 4.69) is 9.05 Å². The predicted octanol–water partition coefficient (Wildman–Crippen LogP) is 1.98. The van der Waals surface area contributed by atoms with E-state index in [1.165, 1.54) is 0 Å². The molecule has 0 saturated heterocycles. The molecular weight excluding hydrogens is 176 g/mol. The number of hydrogen-bond donors (Lipinski definition) is 0. The molecule has 52 valence electrons. The van der Waals surface area contributed by atoms with Gasteiger partial charge in [-0.05, 0) is 0 Å². The summed E-state index contributed by atoms with van der Waals surface area (Å²) in [5.74, 6) is 0. The number of hydrogen-bond acceptors (Lipinski definition) is 4. The molecule has 0 fully saturated rings. The first-order valence-electron chi connectivity index (χ1n) is 1.52. The van der Waals surface area contributed by atoms with Crippen LogP contribution in [0.3, 0.4) is 0 Å². The highest BCUT2D eigenvalue weighted by Crippen LogP contribution is 2.25. The summed E-state index contributed by atoms with van der Waals surface area (Å²) >= 11 is 0. The zero-order valence-electron chi connectivity index (χ0n) is 3.78. The standard InChI is InChI=1S/CF2O4P2/c2-1(3,6-8-4)7-9-5. The van der Waals surface area contributed by atoms with E-state index in [0.29, 0.717) is 0 Å². The van der Waals surface area contributed by atoms with Crippen LogP contribution in [-0.4, -0.2) is 6.29 Å². The van der Waals surface area contributed by atoms with E-state index in [4.69, 9.17) is 0 Å². The monoisotopic (exact) mass is 176 g/mol. The first-order valence-corrected chi connectivity index (χ1v) is 2.98. The average Bonchev–Trinajstić information content (AvgIpc) is 1.64. The van der Waals surface area contributed by atoms with Crippen molar-refractivity contribution in [2.24, 2.45) is 0 Å². The molecule has 0 rings (SSSR count). The fraction of sp³-hybridized carbons (Fsp3) is 1.00. The molecule has 0 N–H and O–H groups in total. The second-order valence-electron chi connectivity index (χ2n) is 0.795. The summed E-state index contributed by atoms with van der Waals surface area (Å²) in [5, 5.41) is 0. The Morgan fingerprint density at radius 3 is 1.67 bits per heavy atom. The molecule has 0 saturated carbocycles. The van der Waals surface area contributed by atoms with Crippen molar-refractivity contribution in [3.8, 4) is 0 Å². The lowest BCUT2D eigenvalue weighted by Gasteiger charge is -2.03. The quantitative estimate of drug-likeness (QED) is 0.485. The third kappa shape index (κ3) is 4.48. The van der Waals surface area contributed by atoms with E-state index in [-0.39, 0.29) is 0 Å². The van der Waals surface area contributed by atoms with Gasteiger partial charge in [0.1, 0.15) is 0 Å². The van der Waals surface area contributed by atoms with Gasteiger partial charge in [-0.2, -0.15) is 0 Å². The van der Waals surface area contributed by atoms with Crippen LogP contribution in [0.25, 0.3) is 0 Å². The Balaban J connectivity index is 3.68. The first-order chi connectivity index (χ1) is 4.12. The summed E-state index contributed by atoms with van der Waals surface area (Å²) in [6.45, 7) is 0. The Morgan fingerprint density at radius 2 is 1.44 bits per heavy atom. The third-order valence-electron chi connectivity index (χ3n) is 0.287. The predicted molar refractivity (Wildman–Crippen MR) is 22.3 cm³/mol. The summed E-state index contributed by atoms with van der Waals surface area (Å²) in [4.78, 5) is 0. The van der Waals surface area contributed by atoms with Gasteiger partial charge in [-0.15, -0.1) is 8.78 Å². The van der Waals surface area contributed by atoms with Gasteiger partial charge in [0.15, 0.2) is 0 Å². The molecule has 8 heteroatoms. The molecule has 9 heavy (non-hydrogen) atoms. The molecule has 0 atom stereocenters. The van der Waals surface area contributed by atoms with Gasteiger partial charge in [-0.25, -0.2) is 18.2 Å². The Labute approximate surface area is 51.7 Å². The summed E-state index contributed by atoms with van der Waals surface area (Å²) in [5.41, 5.74) is 0. The molecule has 0 radical (unpaired) electrons. The van der Waals surface area contributed by atoms with Gasteiger partial charge in [0.25, 0.3) is 0 Å². The van der Waals surface area contributed by atoms with E-state index in [9.17, 15) is 17.9 Å². The molecule has 0 aliphatic carbocycles. The second kappa shape index (κ2) is 3.90. The van der Waals surface area contributed by atoms with Crippen molar-refractivity contribution >= 4 is 17.4 Å². The van der Waals surface area contributed by atoms with Crippen LogP contribution in [0.5, 0.6) is 0 Å². The number of halogens is 2. The van der Waals surface area contributed by atoms with Gasteiger partial charge in [-0.1, -0.05) is 0 Å². The summed E-state index contributed by atoms with van der Waals surface area (Å²) in [7, 11) is -2.47. The SMILES string of the molecule is O=POC(F)(F)OP=O. The smallest absolute Gasteiger partial charge is 0.240 e. The third-order valence-corrected chi connectivity index (χ3v) is 0.861. The van der Waals surface area contributed by atoms with Gasteiger partial charge >= 0.3 is 23.7 Å². The van der Waals surface area contributed by atoms with Crippen molar-refractivity contribution in [1.82, 2.24) is 0 Å². The second-order valence-corrected chi connectivity index (χ2v) is 1.46. The maximum absolute atomic E-state index is 11.6. The van der Waals surface area contributed by atoms with E-state index in [0.717, 1.165) is 0 Å². The van der Waals surface area contributed by atoms with E-state index in [1.54, 1.807) is 0 Å². The molecule has 0 unspecified atom stereocenters. The normalized spacial score (nSPS) is 12.7. The van der Waals surface area contributed by atoms with Gasteiger partial charge in [-0.3, -0.25) is 0 Å². The van der Waals surface area contributed by atoms with Crippen LogP contribution in [-0.2, 0) is 18.2 Å². The molecule has 0 aromatic rings. The zero-order valence-corrected chi connectivity index (χ0v) is 5.57. The van der Waals surface area contributed by atoms with Crippen molar-refractivity contribution in [3.63, 3.8) is 0 Å². The molecule has 0 aromatic carbocycles. The topological polar surface area (TPSA) is 52.6 Å². The van der Waals surface area contributed by atoms with E-state index < -0.39 is 23.7 Å². The van der Waals surface area contributed by atoms with Gasteiger partial charge in [0.05, 0.1) is 0 Å². The zero-order chi connectivity index (χ0) is 7.33. The molecule has 0 spiro atoms. The van der Waals surface area contributed by atoms with Crippen LogP contribution in [0.4, 0.5) is 8.78 Å².